The molecule has 0 aliphatic rings. The van der Waals surface area contributed by atoms with E-state index in [0.717, 1.165) is 16.5 Å². The largest absolute Gasteiger partial charge is 0.423 e. The maximum absolute atomic E-state index is 12.2. The zero-order valence-electron chi connectivity index (χ0n) is 14.2. The van der Waals surface area contributed by atoms with Gasteiger partial charge in [-0.2, -0.15) is 0 Å². The van der Waals surface area contributed by atoms with Gasteiger partial charge in [0.05, 0.1) is 6.54 Å². The van der Waals surface area contributed by atoms with E-state index in [2.05, 4.69) is 10.6 Å². The summed E-state index contributed by atoms with van der Waals surface area (Å²) in [5.41, 5.74) is 2.49. The highest BCUT2D eigenvalue weighted by Gasteiger charge is 2.13. The average molecular weight is 330 g/mol. The average Bonchev–Trinajstić information content (AvgIpc) is 2.52. The summed E-state index contributed by atoms with van der Waals surface area (Å²) in [5.74, 6) is -0.508. The van der Waals surface area contributed by atoms with E-state index in [4.69, 9.17) is 4.42 Å². The molecule has 1 aromatic heterocycles. The molecule has 0 atom stereocenters. The van der Waals surface area contributed by atoms with Crippen molar-refractivity contribution in [3.05, 3.63) is 45.3 Å². The fourth-order valence-corrected chi connectivity index (χ4v) is 2.56. The van der Waals surface area contributed by atoms with E-state index in [9.17, 15) is 14.4 Å². The van der Waals surface area contributed by atoms with E-state index in [1.165, 1.54) is 0 Å². The molecule has 0 aliphatic carbocycles. The van der Waals surface area contributed by atoms with Crippen molar-refractivity contribution in [3.63, 3.8) is 0 Å². The Hall–Kier alpha value is -2.63. The second-order valence-corrected chi connectivity index (χ2v) is 5.72. The Bertz CT molecular complexity index is 824. The van der Waals surface area contributed by atoms with Gasteiger partial charge in [0.1, 0.15) is 5.58 Å². The van der Waals surface area contributed by atoms with Crippen LogP contribution in [0.2, 0.25) is 0 Å². The quantitative estimate of drug-likeness (QED) is 0.787. The molecule has 0 spiro atoms. The van der Waals surface area contributed by atoms with Gasteiger partial charge in [0.15, 0.2) is 0 Å². The summed E-state index contributed by atoms with van der Waals surface area (Å²) >= 11 is 0. The number of benzene rings is 1. The van der Waals surface area contributed by atoms with Crippen LogP contribution < -0.4 is 16.3 Å². The summed E-state index contributed by atoms with van der Waals surface area (Å²) in [6.07, 6.45) is 0.404. The maximum atomic E-state index is 12.2. The van der Waals surface area contributed by atoms with Crippen LogP contribution in [0.5, 0.6) is 0 Å². The zero-order valence-corrected chi connectivity index (χ0v) is 14.2. The molecule has 6 heteroatoms. The van der Waals surface area contributed by atoms with Crippen LogP contribution in [0.1, 0.15) is 30.0 Å². The summed E-state index contributed by atoms with van der Waals surface area (Å²) < 4.78 is 5.37. The van der Waals surface area contributed by atoms with E-state index in [0.29, 0.717) is 17.7 Å². The van der Waals surface area contributed by atoms with Crippen LogP contribution in [0.4, 0.5) is 0 Å². The second kappa shape index (κ2) is 7.77. The number of nitrogens with one attached hydrogen (secondary N) is 2. The molecule has 1 heterocycles. The zero-order chi connectivity index (χ0) is 17.7. The molecule has 0 aliphatic heterocycles. The van der Waals surface area contributed by atoms with Crippen molar-refractivity contribution >= 4 is 22.8 Å². The lowest BCUT2D eigenvalue weighted by molar-refractivity contribution is -0.126. The molecule has 0 saturated carbocycles. The third kappa shape index (κ3) is 4.22. The number of likely N-dealkylation sites (N-methyl/N-ethyl adjacent to an activating group) is 1. The minimum absolute atomic E-state index is 0.0583. The number of carbonyl (C=O) groups is 2. The first-order chi connectivity index (χ1) is 11.4. The molecule has 6 nitrogen and oxygen atoms in total. The van der Waals surface area contributed by atoms with Crippen molar-refractivity contribution in [2.45, 2.75) is 33.6 Å². The molecule has 0 unspecified atom stereocenters. The number of carbonyl (C=O) groups excluding carboxylic acids is 2. The molecule has 128 valence electrons. The summed E-state index contributed by atoms with van der Waals surface area (Å²) in [4.78, 5) is 35.3. The first-order valence-electron chi connectivity index (χ1n) is 7.98. The van der Waals surface area contributed by atoms with Crippen LogP contribution in [0, 0.1) is 13.8 Å². The molecule has 1 aromatic carbocycles. The third-order valence-corrected chi connectivity index (χ3v) is 3.86. The first kappa shape index (κ1) is 17.7. The molecular formula is C18H22N2O4. The predicted octanol–water partition coefficient (Wildman–Crippen LogP) is 1.59. The molecule has 0 radical (unpaired) electrons. The number of aryl methyl sites for hydroxylation is 2. The molecular weight excluding hydrogens is 308 g/mol. The van der Waals surface area contributed by atoms with Crippen molar-refractivity contribution in [3.8, 4) is 0 Å². The van der Waals surface area contributed by atoms with E-state index < -0.39 is 5.63 Å². The van der Waals surface area contributed by atoms with Crippen LogP contribution in [0.15, 0.2) is 27.4 Å². The summed E-state index contributed by atoms with van der Waals surface area (Å²) in [7, 11) is 0. The smallest absolute Gasteiger partial charge is 0.339 e. The van der Waals surface area contributed by atoms with Crippen LogP contribution >= 0.6 is 0 Å². The van der Waals surface area contributed by atoms with Crippen molar-refractivity contribution in [1.29, 1.82) is 0 Å². The predicted molar refractivity (Wildman–Crippen MR) is 92.0 cm³/mol. The van der Waals surface area contributed by atoms with E-state index >= 15 is 0 Å². The molecule has 0 bridgehead atoms. The summed E-state index contributed by atoms with van der Waals surface area (Å²) in [6.45, 7) is 6.06. The normalized spacial score (nSPS) is 10.6. The van der Waals surface area contributed by atoms with Crippen molar-refractivity contribution in [2.24, 2.45) is 0 Å². The molecule has 2 aromatic rings. The Morgan fingerprint density at radius 3 is 2.58 bits per heavy atom. The van der Waals surface area contributed by atoms with Gasteiger partial charge in [-0.3, -0.25) is 9.59 Å². The Morgan fingerprint density at radius 2 is 1.88 bits per heavy atom. The van der Waals surface area contributed by atoms with Gasteiger partial charge in [0.2, 0.25) is 11.8 Å². The van der Waals surface area contributed by atoms with Gasteiger partial charge in [-0.15, -0.1) is 0 Å². The third-order valence-electron chi connectivity index (χ3n) is 3.86. The molecule has 0 fully saturated rings. The number of fused-ring (bicyclic) bond motifs is 1. The highest BCUT2D eigenvalue weighted by atomic mass is 16.4. The Labute approximate surface area is 140 Å². The van der Waals surface area contributed by atoms with Gasteiger partial charge in [-0.1, -0.05) is 12.1 Å². The monoisotopic (exact) mass is 330 g/mol. The molecule has 24 heavy (non-hydrogen) atoms. The van der Waals surface area contributed by atoms with Gasteiger partial charge in [0.25, 0.3) is 0 Å². The fourth-order valence-electron chi connectivity index (χ4n) is 2.56. The number of amides is 2. The molecule has 2 rings (SSSR count). The van der Waals surface area contributed by atoms with Crippen LogP contribution in [-0.2, 0) is 16.0 Å². The highest BCUT2D eigenvalue weighted by Crippen LogP contribution is 2.21. The van der Waals surface area contributed by atoms with Crippen molar-refractivity contribution in [2.75, 3.05) is 13.1 Å². The van der Waals surface area contributed by atoms with E-state index in [1.807, 2.05) is 39.0 Å². The second-order valence-electron chi connectivity index (χ2n) is 5.72. The maximum Gasteiger partial charge on any atom is 0.339 e. The molecule has 0 saturated heterocycles. The Kier molecular flexibility index (Phi) is 5.73. The van der Waals surface area contributed by atoms with Gasteiger partial charge in [-0.05, 0) is 44.4 Å². The summed E-state index contributed by atoms with van der Waals surface area (Å²) in [5, 5.41) is 6.01. The lowest BCUT2D eigenvalue weighted by atomic mass is 10.0. The number of rotatable bonds is 6. The first-order valence-corrected chi connectivity index (χ1v) is 7.98. The Morgan fingerprint density at radius 1 is 1.12 bits per heavy atom. The van der Waals surface area contributed by atoms with Gasteiger partial charge in [0, 0.05) is 23.9 Å². The molecule has 2 amide bonds. The number of hydrogen-bond acceptors (Lipinski definition) is 4. The lowest BCUT2D eigenvalue weighted by Crippen LogP contribution is -2.36. The minimum atomic E-state index is -0.415. The van der Waals surface area contributed by atoms with Crippen LogP contribution in [-0.4, -0.2) is 24.9 Å². The van der Waals surface area contributed by atoms with Crippen molar-refractivity contribution in [1.82, 2.24) is 10.6 Å². The van der Waals surface area contributed by atoms with Crippen LogP contribution in [0.3, 0.4) is 0 Å². The topological polar surface area (TPSA) is 88.4 Å². The summed E-state index contributed by atoms with van der Waals surface area (Å²) in [6, 6.07) is 5.70. The highest BCUT2D eigenvalue weighted by molar-refractivity contribution is 5.85. The van der Waals surface area contributed by atoms with Gasteiger partial charge >= 0.3 is 5.63 Å². The Balaban J connectivity index is 2.07. The van der Waals surface area contributed by atoms with Gasteiger partial charge < -0.3 is 15.1 Å². The SMILES string of the molecule is CCNC(=O)CNC(=O)CCc1c(C)c2ccc(C)cc2oc1=O. The minimum Gasteiger partial charge on any atom is -0.423 e. The molecule has 2 N–H and O–H groups in total. The van der Waals surface area contributed by atoms with Crippen molar-refractivity contribution < 1.29 is 14.0 Å². The fraction of sp³-hybridized carbons (Fsp3) is 0.389. The van der Waals surface area contributed by atoms with Crippen LogP contribution in [0.25, 0.3) is 11.0 Å². The van der Waals surface area contributed by atoms with E-state index in [-0.39, 0.29) is 31.2 Å². The van der Waals surface area contributed by atoms with E-state index in [1.54, 1.807) is 0 Å². The number of hydrogen-bond donors (Lipinski definition) is 2. The van der Waals surface area contributed by atoms with Gasteiger partial charge in [-0.25, -0.2) is 4.79 Å². The lowest BCUT2D eigenvalue weighted by Gasteiger charge is -2.09. The standard InChI is InChI=1S/C18H22N2O4/c1-4-19-17(22)10-20-16(21)8-7-14-12(3)13-6-5-11(2)9-15(13)24-18(14)23/h5-6,9H,4,7-8,10H2,1-3H3,(H,19,22)(H,20,21).